The van der Waals surface area contributed by atoms with Gasteiger partial charge in [-0.3, -0.25) is 4.99 Å². The molecule has 2 aromatic heterocycles. The maximum absolute atomic E-state index is 5.36. The Labute approximate surface area is 370 Å². The molecule has 63 heavy (non-hydrogen) atoms. The molecule has 0 aliphatic carbocycles. The second kappa shape index (κ2) is 15.5. The highest BCUT2D eigenvalue weighted by Crippen LogP contribution is 2.44. The van der Waals surface area contributed by atoms with Gasteiger partial charge in [0.2, 0.25) is 0 Å². The molecule has 3 nitrogen and oxygen atoms in total. The maximum atomic E-state index is 5.36. The van der Waals surface area contributed by atoms with E-state index in [1.54, 1.807) is 0 Å². The van der Waals surface area contributed by atoms with Crippen LogP contribution >= 0.6 is 11.3 Å². The van der Waals surface area contributed by atoms with Crippen LogP contribution in [0.4, 0.5) is 0 Å². The Morgan fingerprint density at radius 3 is 1.73 bits per heavy atom. The van der Waals surface area contributed by atoms with Crippen LogP contribution in [0.5, 0.6) is 0 Å². The van der Waals surface area contributed by atoms with Gasteiger partial charge in [0.15, 0.2) is 0 Å². The molecule has 0 amide bonds. The Balaban J connectivity index is 0.922. The number of aliphatic imine (C=N–C) groups is 1. The molecule has 0 radical (unpaired) electrons. The van der Waals surface area contributed by atoms with Gasteiger partial charge in [0.25, 0.3) is 0 Å². The van der Waals surface area contributed by atoms with Crippen molar-refractivity contribution >= 4 is 64.6 Å². The van der Waals surface area contributed by atoms with E-state index < -0.39 is 0 Å². The molecule has 12 rings (SSSR count). The monoisotopic (exact) mass is 821 g/mol. The van der Waals surface area contributed by atoms with E-state index in [1.807, 2.05) is 11.3 Å². The minimum atomic E-state index is -0.272. The van der Waals surface area contributed by atoms with Crippen molar-refractivity contribution in [3.05, 3.63) is 241 Å². The summed E-state index contributed by atoms with van der Waals surface area (Å²) < 4.78 is 2.58. The van der Waals surface area contributed by atoms with E-state index in [-0.39, 0.29) is 6.17 Å². The van der Waals surface area contributed by atoms with Crippen LogP contribution in [0.3, 0.4) is 0 Å². The zero-order valence-electron chi connectivity index (χ0n) is 34.2. The summed E-state index contributed by atoms with van der Waals surface area (Å²) >= 11 is 1.88. The van der Waals surface area contributed by atoms with Gasteiger partial charge in [0.1, 0.15) is 6.17 Å². The van der Waals surface area contributed by atoms with Gasteiger partial charge in [-0.25, -0.2) is 4.98 Å². The van der Waals surface area contributed by atoms with E-state index in [1.165, 1.54) is 69.7 Å². The lowest BCUT2D eigenvalue weighted by atomic mass is 9.96. The molecule has 0 saturated carbocycles. The average molecular weight is 822 g/mol. The van der Waals surface area contributed by atoms with E-state index in [9.17, 15) is 0 Å². The normalized spacial score (nSPS) is 13.9. The number of fused-ring (bicyclic) bond motifs is 7. The molecule has 1 aliphatic rings. The zero-order valence-corrected chi connectivity index (χ0v) is 35.1. The van der Waals surface area contributed by atoms with E-state index in [0.717, 1.165) is 44.9 Å². The topological polar surface area (TPSA) is 37.3 Å². The highest BCUT2D eigenvalue weighted by Gasteiger charge is 2.21. The third-order valence-electron chi connectivity index (χ3n) is 12.3. The molecule has 3 heterocycles. The summed E-state index contributed by atoms with van der Waals surface area (Å²) in [6.07, 6.45) is 1.93. The average Bonchev–Trinajstić information content (AvgIpc) is 3.75. The van der Waals surface area contributed by atoms with Crippen LogP contribution in [0.1, 0.15) is 22.9 Å². The predicted molar refractivity (Wildman–Crippen MR) is 267 cm³/mol. The van der Waals surface area contributed by atoms with Crippen molar-refractivity contribution in [3.63, 3.8) is 0 Å². The first-order chi connectivity index (χ1) is 31.2. The van der Waals surface area contributed by atoms with Crippen molar-refractivity contribution in [1.29, 1.82) is 0 Å². The number of aromatic nitrogens is 1. The Morgan fingerprint density at radius 1 is 0.397 bits per heavy atom. The van der Waals surface area contributed by atoms with Crippen LogP contribution < -0.4 is 5.32 Å². The first-order valence-corrected chi connectivity index (χ1v) is 22.2. The van der Waals surface area contributed by atoms with Crippen molar-refractivity contribution in [1.82, 2.24) is 10.3 Å². The molecule has 0 saturated heterocycles. The van der Waals surface area contributed by atoms with Crippen LogP contribution in [-0.4, -0.2) is 10.7 Å². The van der Waals surface area contributed by atoms with E-state index in [0.29, 0.717) is 0 Å². The van der Waals surface area contributed by atoms with Gasteiger partial charge < -0.3 is 5.32 Å². The van der Waals surface area contributed by atoms with Crippen LogP contribution in [0.2, 0.25) is 0 Å². The van der Waals surface area contributed by atoms with Crippen molar-refractivity contribution < 1.29 is 0 Å². The Kier molecular flexibility index (Phi) is 9.09. The molecule has 0 fully saturated rings. The van der Waals surface area contributed by atoms with Gasteiger partial charge >= 0.3 is 0 Å². The number of pyridine rings is 1. The molecule has 1 aliphatic heterocycles. The third-order valence-corrected chi connectivity index (χ3v) is 13.5. The number of benzene rings is 9. The lowest BCUT2D eigenvalue weighted by molar-refractivity contribution is 0.664. The van der Waals surface area contributed by atoms with Gasteiger partial charge in [-0.05, 0) is 80.9 Å². The molecule has 0 spiro atoms. The molecule has 296 valence electrons. The number of hydrogen-bond donors (Lipinski definition) is 1. The van der Waals surface area contributed by atoms with Gasteiger partial charge in [-0.15, -0.1) is 11.3 Å². The molecule has 0 bridgehead atoms. The van der Waals surface area contributed by atoms with Gasteiger partial charge in [0, 0.05) is 53.2 Å². The summed E-state index contributed by atoms with van der Waals surface area (Å²) in [4.78, 5) is 10.6. The van der Waals surface area contributed by atoms with Crippen LogP contribution in [0, 0.1) is 0 Å². The third kappa shape index (κ3) is 6.78. The molecular formula is C59H39N3S. The number of rotatable bonds is 7. The molecule has 11 aromatic rings. The summed E-state index contributed by atoms with van der Waals surface area (Å²) in [6, 6.07) is 78.2. The summed E-state index contributed by atoms with van der Waals surface area (Å²) in [6.45, 7) is 0. The van der Waals surface area contributed by atoms with Gasteiger partial charge in [-0.1, -0.05) is 188 Å². The summed E-state index contributed by atoms with van der Waals surface area (Å²) in [5.74, 6) is 0. The fourth-order valence-electron chi connectivity index (χ4n) is 9.13. The molecule has 1 N–H and O–H groups in total. The molecular weight excluding hydrogens is 783 g/mol. The molecule has 9 aromatic carbocycles. The van der Waals surface area contributed by atoms with E-state index in [2.05, 4.69) is 230 Å². The van der Waals surface area contributed by atoms with Crippen molar-refractivity contribution in [2.45, 2.75) is 6.17 Å². The van der Waals surface area contributed by atoms with Crippen LogP contribution in [-0.2, 0) is 0 Å². The number of nitrogens with one attached hydrogen (secondary N) is 1. The van der Waals surface area contributed by atoms with Crippen LogP contribution in [0.15, 0.2) is 229 Å². The highest BCUT2D eigenvalue weighted by atomic mass is 32.1. The fourth-order valence-corrected chi connectivity index (χ4v) is 10.4. The van der Waals surface area contributed by atoms with E-state index in [4.69, 9.17) is 9.98 Å². The SMILES string of the molecule is C1=C(c2ccc(-c3ccc4sc5c(ccc6c(-c7ccccc7)nc7ccccc7c65)c4c3)cc2)NC(c2cccc(-c3ccccc3)c2)N=C1c1cccc(-c2ccccc2)c1. The Morgan fingerprint density at radius 2 is 0.968 bits per heavy atom. The zero-order chi connectivity index (χ0) is 41.7. The number of hydrogen-bond acceptors (Lipinski definition) is 4. The quantitative estimate of drug-likeness (QED) is 0.163. The number of para-hydroxylation sites is 1. The molecule has 1 atom stereocenters. The summed E-state index contributed by atoms with van der Waals surface area (Å²) in [7, 11) is 0. The second-order valence-corrected chi connectivity index (χ2v) is 17.2. The number of allylic oxidation sites excluding steroid dienone is 1. The van der Waals surface area contributed by atoms with Crippen molar-refractivity contribution in [2.75, 3.05) is 0 Å². The van der Waals surface area contributed by atoms with Gasteiger partial charge in [0.05, 0.1) is 16.9 Å². The fraction of sp³-hybridized carbons (Fsp3) is 0.0169. The standard InChI is InChI=1S/C59H39N3S/c1-4-14-38(15-5-1)43-20-12-22-46(34-43)54-37-53(61-59(62-54)47-23-13-21-44(35-47)39-16-6-2-7-17-39)41-28-26-40(27-29-41)45-30-33-55-51(36-45)48-31-32-50-56(58(48)63-55)49-24-10-11-25-52(49)60-57(50)42-18-8-3-9-19-42/h1-37,59,61H. The lowest BCUT2D eigenvalue weighted by Gasteiger charge is -2.25. The number of thiophene rings is 1. The Bertz CT molecular complexity index is 3570. The van der Waals surface area contributed by atoms with Crippen molar-refractivity contribution in [3.8, 4) is 44.6 Å². The van der Waals surface area contributed by atoms with Crippen molar-refractivity contribution in [2.24, 2.45) is 4.99 Å². The predicted octanol–water partition coefficient (Wildman–Crippen LogP) is 15.6. The van der Waals surface area contributed by atoms with E-state index >= 15 is 0 Å². The largest absolute Gasteiger partial charge is 0.360 e. The first kappa shape index (κ1) is 36.9. The molecule has 1 unspecified atom stereocenters. The minimum Gasteiger partial charge on any atom is -0.360 e. The number of nitrogens with zero attached hydrogens (tertiary/aromatic N) is 2. The van der Waals surface area contributed by atoms with Gasteiger partial charge in [-0.2, -0.15) is 0 Å². The summed E-state index contributed by atoms with van der Waals surface area (Å²) in [5, 5.41) is 10.0. The molecule has 4 heteroatoms. The second-order valence-electron chi connectivity index (χ2n) is 16.2. The minimum absolute atomic E-state index is 0.272. The summed E-state index contributed by atoms with van der Waals surface area (Å²) in [5.41, 5.74) is 15.5. The highest BCUT2D eigenvalue weighted by molar-refractivity contribution is 7.26. The first-order valence-electron chi connectivity index (χ1n) is 21.4. The smallest absolute Gasteiger partial charge is 0.145 e. The Hall–Kier alpha value is -7.92. The lowest BCUT2D eigenvalue weighted by Crippen LogP contribution is -2.25. The maximum Gasteiger partial charge on any atom is 0.145 e. The van der Waals surface area contributed by atoms with Crippen LogP contribution in [0.25, 0.3) is 92.2 Å².